The average Bonchev–Trinajstić information content (AvgIpc) is 1.95. The molecule has 0 saturated heterocycles. The Morgan fingerprint density at radius 1 is 1.14 bits per heavy atom. The fourth-order valence-corrected chi connectivity index (χ4v) is 0.960. The Balaban J connectivity index is 4.11. The summed E-state index contributed by atoms with van der Waals surface area (Å²) in [5, 5.41) is 3.43. The van der Waals surface area contributed by atoms with Crippen molar-refractivity contribution in [3.8, 4) is 0 Å². The molecule has 0 saturated carbocycles. The van der Waals surface area contributed by atoms with Crippen LogP contribution in [0.5, 0.6) is 0 Å². The van der Waals surface area contributed by atoms with Gasteiger partial charge in [0.25, 0.3) is 0 Å². The molecular formula is C12H26N2. The van der Waals surface area contributed by atoms with E-state index in [2.05, 4.69) is 65.4 Å². The quantitative estimate of drug-likeness (QED) is 0.750. The van der Waals surface area contributed by atoms with Crippen LogP contribution in [0.1, 0.15) is 41.5 Å². The number of likely N-dealkylation sites (N-methyl/N-ethyl adjacent to an activating group) is 1. The van der Waals surface area contributed by atoms with E-state index in [1.165, 1.54) is 0 Å². The third-order valence-electron chi connectivity index (χ3n) is 2.30. The lowest BCUT2D eigenvalue weighted by atomic mass is 10.1. The normalized spacial score (nSPS) is 12.8. The topological polar surface area (TPSA) is 15.3 Å². The average molecular weight is 198 g/mol. The monoisotopic (exact) mass is 198 g/mol. The lowest BCUT2D eigenvalue weighted by molar-refractivity contribution is 0.219. The molecule has 0 aromatic rings. The highest BCUT2D eigenvalue weighted by molar-refractivity contribution is 5.00. The highest BCUT2D eigenvalue weighted by Gasteiger charge is 2.19. The molecule has 0 bridgehead atoms. The maximum atomic E-state index is 4.09. The molecule has 1 N–H and O–H groups in total. The van der Waals surface area contributed by atoms with Gasteiger partial charge < -0.3 is 10.2 Å². The Kier molecular flexibility index (Phi) is 4.19. The Bertz CT molecular complexity index is 193. The second-order valence-electron chi connectivity index (χ2n) is 5.90. The highest BCUT2D eigenvalue weighted by atomic mass is 15.2. The van der Waals surface area contributed by atoms with Gasteiger partial charge in [-0.05, 0) is 41.5 Å². The first kappa shape index (κ1) is 13.5. The maximum Gasteiger partial charge on any atom is 0.0354 e. The van der Waals surface area contributed by atoms with Gasteiger partial charge in [-0.3, -0.25) is 0 Å². The summed E-state index contributed by atoms with van der Waals surface area (Å²) in [6, 6.07) is 0. The van der Waals surface area contributed by atoms with Crippen molar-refractivity contribution in [2.24, 2.45) is 0 Å². The van der Waals surface area contributed by atoms with E-state index in [9.17, 15) is 0 Å². The van der Waals surface area contributed by atoms with Gasteiger partial charge in [-0.15, -0.1) is 0 Å². The van der Waals surface area contributed by atoms with E-state index in [4.69, 9.17) is 0 Å². The Labute approximate surface area is 89.4 Å². The van der Waals surface area contributed by atoms with Crippen LogP contribution in [0, 0.1) is 0 Å². The zero-order valence-corrected chi connectivity index (χ0v) is 10.9. The summed E-state index contributed by atoms with van der Waals surface area (Å²) in [5.41, 5.74) is 1.44. The number of nitrogens with zero attached hydrogens (tertiary/aromatic N) is 1. The Morgan fingerprint density at radius 2 is 1.57 bits per heavy atom. The number of hydrogen-bond donors (Lipinski definition) is 1. The maximum absolute atomic E-state index is 4.09. The fourth-order valence-electron chi connectivity index (χ4n) is 0.960. The third-order valence-corrected chi connectivity index (χ3v) is 2.30. The van der Waals surface area contributed by atoms with Crippen molar-refractivity contribution in [3.63, 3.8) is 0 Å². The van der Waals surface area contributed by atoms with E-state index in [0.29, 0.717) is 0 Å². The zero-order valence-electron chi connectivity index (χ0n) is 10.9. The lowest BCUT2D eigenvalue weighted by Crippen LogP contribution is -2.43. The third kappa shape index (κ3) is 5.28. The molecule has 0 aliphatic heterocycles. The molecule has 0 unspecified atom stereocenters. The van der Waals surface area contributed by atoms with Gasteiger partial charge >= 0.3 is 0 Å². The van der Waals surface area contributed by atoms with Crippen molar-refractivity contribution in [2.45, 2.75) is 52.6 Å². The molecule has 14 heavy (non-hydrogen) atoms. The fraction of sp³-hybridized carbons (Fsp3) is 0.833. The van der Waals surface area contributed by atoms with Crippen molar-refractivity contribution >= 4 is 0 Å². The predicted octanol–water partition coefficient (Wildman–Crippen LogP) is 2.62. The number of hydrogen-bond acceptors (Lipinski definition) is 2. The predicted molar refractivity (Wildman–Crippen MR) is 64.4 cm³/mol. The molecule has 0 amide bonds. The van der Waals surface area contributed by atoms with Crippen molar-refractivity contribution in [2.75, 3.05) is 13.6 Å². The van der Waals surface area contributed by atoms with Crippen LogP contribution >= 0.6 is 0 Å². The largest absolute Gasteiger partial charge is 0.372 e. The first-order valence-electron chi connectivity index (χ1n) is 5.21. The van der Waals surface area contributed by atoms with Crippen LogP contribution in [0.2, 0.25) is 0 Å². The molecule has 0 aliphatic carbocycles. The van der Waals surface area contributed by atoms with Crippen molar-refractivity contribution < 1.29 is 0 Å². The number of rotatable bonds is 3. The molecule has 0 aliphatic rings. The summed E-state index contributed by atoms with van der Waals surface area (Å²) >= 11 is 0. The molecule has 0 rings (SSSR count). The molecule has 0 atom stereocenters. The first-order valence-corrected chi connectivity index (χ1v) is 5.21. The minimum atomic E-state index is 0.149. The summed E-state index contributed by atoms with van der Waals surface area (Å²) in [6.07, 6.45) is 0. The van der Waals surface area contributed by atoms with Crippen LogP contribution < -0.4 is 5.32 Å². The SMILES string of the molecule is C=C(CNC(C)(C)C)N(C)C(C)(C)C. The van der Waals surface area contributed by atoms with Gasteiger partial charge in [-0.25, -0.2) is 0 Å². The Hall–Kier alpha value is -0.500. The second-order valence-corrected chi connectivity index (χ2v) is 5.90. The van der Waals surface area contributed by atoms with Gasteiger partial charge in [-0.1, -0.05) is 6.58 Å². The van der Waals surface area contributed by atoms with Crippen LogP contribution in [0.15, 0.2) is 12.3 Å². The molecule has 0 aromatic heterocycles. The molecular weight excluding hydrogens is 172 g/mol. The molecule has 0 aromatic carbocycles. The molecule has 2 heteroatoms. The van der Waals surface area contributed by atoms with E-state index in [-0.39, 0.29) is 11.1 Å². The highest BCUT2D eigenvalue weighted by Crippen LogP contribution is 2.15. The molecule has 84 valence electrons. The van der Waals surface area contributed by atoms with E-state index < -0.39 is 0 Å². The van der Waals surface area contributed by atoms with Crippen molar-refractivity contribution in [1.82, 2.24) is 10.2 Å². The minimum absolute atomic E-state index is 0.149. The smallest absolute Gasteiger partial charge is 0.0354 e. The Morgan fingerprint density at radius 3 is 1.86 bits per heavy atom. The van der Waals surface area contributed by atoms with Crippen LogP contribution in [-0.4, -0.2) is 29.6 Å². The zero-order chi connectivity index (χ0) is 11.6. The van der Waals surface area contributed by atoms with E-state index >= 15 is 0 Å². The molecule has 0 radical (unpaired) electrons. The van der Waals surface area contributed by atoms with E-state index in [1.807, 2.05) is 0 Å². The van der Waals surface area contributed by atoms with Gasteiger partial charge in [0.15, 0.2) is 0 Å². The molecule has 0 heterocycles. The van der Waals surface area contributed by atoms with E-state index in [1.54, 1.807) is 0 Å². The summed E-state index contributed by atoms with van der Waals surface area (Å²) < 4.78 is 0. The van der Waals surface area contributed by atoms with Gasteiger partial charge in [0.1, 0.15) is 0 Å². The van der Waals surface area contributed by atoms with Crippen LogP contribution in [0.25, 0.3) is 0 Å². The van der Waals surface area contributed by atoms with Crippen LogP contribution in [0.4, 0.5) is 0 Å². The lowest BCUT2D eigenvalue weighted by Gasteiger charge is -2.36. The summed E-state index contributed by atoms with van der Waals surface area (Å²) in [4.78, 5) is 2.21. The van der Waals surface area contributed by atoms with Gasteiger partial charge in [0.2, 0.25) is 0 Å². The van der Waals surface area contributed by atoms with Crippen LogP contribution in [-0.2, 0) is 0 Å². The van der Waals surface area contributed by atoms with Crippen molar-refractivity contribution in [1.29, 1.82) is 0 Å². The standard InChI is InChI=1S/C12H26N2/c1-10(9-13-11(2,3)4)14(8)12(5,6)7/h13H,1,9H2,2-8H3. The van der Waals surface area contributed by atoms with Crippen molar-refractivity contribution in [3.05, 3.63) is 12.3 Å². The molecule has 2 nitrogen and oxygen atoms in total. The molecule has 0 fully saturated rings. The van der Waals surface area contributed by atoms with Crippen LogP contribution in [0.3, 0.4) is 0 Å². The van der Waals surface area contributed by atoms with Gasteiger partial charge in [-0.2, -0.15) is 0 Å². The summed E-state index contributed by atoms with van der Waals surface area (Å²) in [5.74, 6) is 0. The minimum Gasteiger partial charge on any atom is -0.372 e. The van der Waals surface area contributed by atoms with Gasteiger partial charge in [0, 0.05) is 30.4 Å². The second kappa shape index (κ2) is 4.35. The van der Waals surface area contributed by atoms with E-state index in [0.717, 1.165) is 12.2 Å². The summed E-state index contributed by atoms with van der Waals surface area (Å²) in [7, 11) is 2.09. The first-order chi connectivity index (χ1) is 6.04. The summed E-state index contributed by atoms with van der Waals surface area (Å²) in [6.45, 7) is 18.0. The van der Waals surface area contributed by atoms with Gasteiger partial charge in [0.05, 0.1) is 0 Å². The number of nitrogens with one attached hydrogen (secondary N) is 1. The molecule has 0 spiro atoms.